The molecular weight excluding hydrogens is 402 g/mol. The fourth-order valence-electron chi connectivity index (χ4n) is 5.91. The Labute approximate surface area is 192 Å². The van der Waals surface area contributed by atoms with Crippen LogP contribution >= 0.6 is 0 Å². The Kier molecular flexibility index (Phi) is 7.39. The zero-order valence-corrected chi connectivity index (χ0v) is 19.9. The molecule has 0 aliphatic carbocycles. The van der Waals surface area contributed by atoms with E-state index in [0.29, 0.717) is 24.9 Å². The van der Waals surface area contributed by atoms with Gasteiger partial charge < -0.3 is 19.4 Å². The SMILES string of the molecule is CCCC(=O)N1Cc2ccccc2C2(CCN(CC3CCN(C(=O)OCC)CC3)CC2)C1. The molecule has 0 unspecified atom stereocenters. The minimum atomic E-state index is -0.163. The number of hydrogen-bond acceptors (Lipinski definition) is 4. The minimum absolute atomic E-state index is 0.0992. The Hall–Kier alpha value is -2.08. The molecule has 6 nitrogen and oxygen atoms in total. The highest BCUT2D eigenvalue weighted by Crippen LogP contribution is 2.42. The number of rotatable bonds is 5. The highest BCUT2D eigenvalue weighted by Gasteiger charge is 2.43. The molecule has 0 atom stereocenters. The highest BCUT2D eigenvalue weighted by atomic mass is 16.6. The monoisotopic (exact) mass is 441 g/mol. The van der Waals surface area contributed by atoms with Crippen LogP contribution in [0.5, 0.6) is 0 Å². The van der Waals surface area contributed by atoms with Gasteiger partial charge in [-0.3, -0.25) is 4.79 Å². The van der Waals surface area contributed by atoms with Crippen molar-refractivity contribution in [1.29, 1.82) is 0 Å². The van der Waals surface area contributed by atoms with Crippen LogP contribution in [0.15, 0.2) is 24.3 Å². The fourth-order valence-corrected chi connectivity index (χ4v) is 5.91. The number of hydrogen-bond donors (Lipinski definition) is 0. The van der Waals surface area contributed by atoms with Crippen molar-refractivity contribution >= 4 is 12.0 Å². The van der Waals surface area contributed by atoms with Crippen LogP contribution < -0.4 is 0 Å². The molecule has 0 bridgehead atoms. The number of amides is 2. The third-order valence-corrected chi connectivity index (χ3v) is 7.73. The summed E-state index contributed by atoms with van der Waals surface area (Å²) in [7, 11) is 0. The molecule has 2 amide bonds. The van der Waals surface area contributed by atoms with Gasteiger partial charge in [0.05, 0.1) is 6.61 Å². The molecule has 1 aromatic rings. The zero-order chi connectivity index (χ0) is 22.6. The van der Waals surface area contributed by atoms with E-state index in [1.807, 2.05) is 11.8 Å². The Morgan fingerprint density at radius 3 is 2.44 bits per heavy atom. The molecular formula is C26H39N3O3. The molecule has 176 valence electrons. The summed E-state index contributed by atoms with van der Waals surface area (Å²) >= 11 is 0. The van der Waals surface area contributed by atoms with E-state index >= 15 is 0 Å². The van der Waals surface area contributed by atoms with Crippen LogP contribution in [0.4, 0.5) is 4.79 Å². The number of fused-ring (bicyclic) bond motifs is 2. The van der Waals surface area contributed by atoms with Gasteiger partial charge in [-0.2, -0.15) is 0 Å². The van der Waals surface area contributed by atoms with Crippen LogP contribution in [0, 0.1) is 5.92 Å². The van der Waals surface area contributed by atoms with Gasteiger partial charge in [0.1, 0.15) is 0 Å². The Balaban J connectivity index is 1.35. The quantitative estimate of drug-likeness (QED) is 0.692. The van der Waals surface area contributed by atoms with Gasteiger partial charge in [-0.1, -0.05) is 31.2 Å². The van der Waals surface area contributed by atoms with Crippen molar-refractivity contribution in [1.82, 2.24) is 14.7 Å². The topological polar surface area (TPSA) is 53.1 Å². The molecule has 3 aliphatic heterocycles. The van der Waals surface area contributed by atoms with Crippen molar-refractivity contribution in [3.63, 3.8) is 0 Å². The van der Waals surface area contributed by atoms with E-state index in [1.165, 1.54) is 11.1 Å². The van der Waals surface area contributed by atoms with Crippen molar-refractivity contribution in [2.75, 3.05) is 45.9 Å². The number of piperidine rings is 2. The standard InChI is InChI=1S/C26H39N3O3/c1-3-7-24(30)29-19-22-8-5-6-9-23(22)26(20-29)12-16-27(17-13-26)18-21-10-14-28(15-11-21)25(31)32-4-2/h5-6,8-9,21H,3-4,7,10-20H2,1-2H3. The number of nitrogens with zero attached hydrogens (tertiary/aromatic N) is 3. The maximum Gasteiger partial charge on any atom is 0.409 e. The molecule has 2 fully saturated rings. The average molecular weight is 442 g/mol. The van der Waals surface area contributed by atoms with Crippen LogP contribution in [0.2, 0.25) is 0 Å². The van der Waals surface area contributed by atoms with E-state index in [4.69, 9.17) is 4.74 Å². The average Bonchev–Trinajstić information content (AvgIpc) is 2.81. The predicted octanol–water partition coefficient (Wildman–Crippen LogP) is 4.03. The molecule has 4 rings (SSSR count). The van der Waals surface area contributed by atoms with Crippen molar-refractivity contribution in [3.8, 4) is 0 Å². The Bertz CT molecular complexity index is 795. The first kappa shape index (κ1) is 23.1. The number of likely N-dealkylation sites (tertiary alicyclic amines) is 2. The minimum Gasteiger partial charge on any atom is -0.450 e. The second-order valence-electron chi connectivity index (χ2n) is 9.87. The first-order valence-electron chi connectivity index (χ1n) is 12.5. The highest BCUT2D eigenvalue weighted by molar-refractivity contribution is 5.76. The van der Waals surface area contributed by atoms with E-state index in [-0.39, 0.29) is 11.5 Å². The Morgan fingerprint density at radius 2 is 1.75 bits per heavy atom. The van der Waals surface area contributed by atoms with Gasteiger partial charge in [0.15, 0.2) is 0 Å². The molecule has 0 N–H and O–H groups in total. The zero-order valence-electron chi connectivity index (χ0n) is 19.9. The summed E-state index contributed by atoms with van der Waals surface area (Å²) in [6.45, 7) is 10.9. The summed E-state index contributed by atoms with van der Waals surface area (Å²) in [6.07, 6.45) is 5.74. The van der Waals surface area contributed by atoms with Crippen LogP contribution in [0.25, 0.3) is 0 Å². The van der Waals surface area contributed by atoms with Crippen molar-refractivity contribution in [2.24, 2.45) is 5.92 Å². The molecule has 0 saturated carbocycles. The molecule has 0 aromatic heterocycles. The van der Waals surface area contributed by atoms with Gasteiger partial charge in [-0.25, -0.2) is 4.79 Å². The number of carbonyl (C=O) groups is 2. The smallest absolute Gasteiger partial charge is 0.409 e. The molecule has 0 radical (unpaired) electrons. The van der Waals surface area contributed by atoms with Crippen molar-refractivity contribution in [2.45, 2.75) is 64.3 Å². The summed E-state index contributed by atoms with van der Waals surface area (Å²) in [5, 5.41) is 0. The number of ether oxygens (including phenoxy) is 1. The molecule has 1 aromatic carbocycles. The van der Waals surface area contributed by atoms with E-state index in [1.54, 1.807) is 0 Å². The fraction of sp³-hybridized carbons (Fsp3) is 0.692. The lowest BCUT2D eigenvalue weighted by Gasteiger charge is -2.49. The third kappa shape index (κ3) is 4.95. The van der Waals surface area contributed by atoms with E-state index in [9.17, 15) is 9.59 Å². The van der Waals surface area contributed by atoms with Crippen molar-refractivity contribution < 1.29 is 14.3 Å². The van der Waals surface area contributed by atoms with Crippen LogP contribution in [0.3, 0.4) is 0 Å². The van der Waals surface area contributed by atoms with Crippen molar-refractivity contribution in [3.05, 3.63) is 35.4 Å². The predicted molar refractivity (Wildman–Crippen MR) is 125 cm³/mol. The normalized spacial score (nSPS) is 21.4. The first-order valence-corrected chi connectivity index (χ1v) is 12.5. The molecule has 3 aliphatic rings. The molecule has 1 spiro atoms. The summed E-state index contributed by atoms with van der Waals surface area (Å²) in [4.78, 5) is 31.3. The van der Waals surface area contributed by atoms with Gasteiger partial charge in [-0.05, 0) is 69.2 Å². The lowest BCUT2D eigenvalue weighted by molar-refractivity contribution is -0.133. The molecule has 2 saturated heterocycles. The lowest BCUT2D eigenvalue weighted by atomic mass is 9.68. The third-order valence-electron chi connectivity index (χ3n) is 7.73. The summed E-state index contributed by atoms with van der Waals surface area (Å²) < 4.78 is 5.15. The maximum absolute atomic E-state index is 12.8. The largest absolute Gasteiger partial charge is 0.450 e. The maximum atomic E-state index is 12.8. The summed E-state index contributed by atoms with van der Waals surface area (Å²) in [6, 6.07) is 8.79. The van der Waals surface area contributed by atoms with E-state index < -0.39 is 0 Å². The van der Waals surface area contributed by atoms with Crippen LogP contribution in [-0.2, 0) is 21.5 Å². The van der Waals surface area contributed by atoms with Crippen LogP contribution in [0.1, 0.15) is 63.5 Å². The molecule has 3 heterocycles. The molecule has 6 heteroatoms. The van der Waals surface area contributed by atoms with Gasteiger partial charge in [0.2, 0.25) is 5.91 Å². The first-order chi connectivity index (χ1) is 15.5. The lowest BCUT2D eigenvalue weighted by Crippen LogP contribution is -2.54. The van der Waals surface area contributed by atoms with E-state index in [0.717, 1.165) is 77.9 Å². The van der Waals surface area contributed by atoms with Crippen LogP contribution in [-0.4, -0.2) is 72.6 Å². The second-order valence-corrected chi connectivity index (χ2v) is 9.87. The number of benzene rings is 1. The summed E-state index contributed by atoms with van der Waals surface area (Å²) in [5.74, 6) is 0.952. The Morgan fingerprint density at radius 1 is 1.03 bits per heavy atom. The molecule has 32 heavy (non-hydrogen) atoms. The second kappa shape index (κ2) is 10.2. The summed E-state index contributed by atoms with van der Waals surface area (Å²) in [5.41, 5.74) is 2.91. The van der Waals surface area contributed by atoms with Gasteiger partial charge >= 0.3 is 6.09 Å². The van der Waals surface area contributed by atoms with Gasteiger partial charge in [-0.15, -0.1) is 0 Å². The number of carbonyl (C=O) groups excluding carboxylic acids is 2. The van der Waals surface area contributed by atoms with E-state index in [2.05, 4.69) is 41.0 Å². The van der Waals surface area contributed by atoms with Gasteiger partial charge in [0.25, 0.3) is 0 Å². The van der Waals surface area contributed by atoms with Gasteiger partial charge in [0, 0.05) is 44.6 Å².